The molecule has 5 heterocycles. The van der Waals surface area contributed by atoms with E-state index in [2.05, 4.69) is 54.6 Å². The molecule has 2 N–H and O–H groups in total. The molecule has 214 valence electrons. The first-order chi connectivity index (χ1) is 20.6. The number of rotatable bonds is 9. The van der Waals surface area contributed by atoms with Crippen LogP contribution in [0.5, 0.6) is 5.75 Å². The fourth-order valence-corrected chi connectivity index (χ4v) is 5.15. The van der Waals surface area contributed by atoms with Gasteiger partial charge in [0.2, 0.25) is 5.95 Å². The van der Waals surface area contributed by atoms with E-state index in [-0.39, 0.29) is 17.9 Å². The summed E-state index contributed by atoms with van der Waals surface area (Å²) >= 11 is 0. The van der Waals surface area contributed by atoms with E-state index in [0.29, 0.717) is 41.0 Å². The van der Waals surface area contributed by atoms with E-state index in [1.54, 1.807) is 41.6 Å². The Morgan fingerprint density at radius 3 is 2.45 bits per heavy atom. The van der Waals surface area contributed by atoms with Crippen molar-refractivity contribution in [2.45, 2.75) is 32.4 Å². The van der Waals surface area contributed by atoms with Crippen molar-refractivity contribution in [2.75, 3.05) is 37.4 Å². The number of nitrogens with one attached hydrogen (secondary N) is 2. The van der Waals surface area contributed by atoms with Gasteiger partial charge in [0.1, 0.15) is 5.65 Å². The molecule has 1 saturated heterocycles. The molecule has 11 heteroatoms. The smallest absolute Gasteiger partial charge is 0.294 e. The van der Waals surface area contributed by atoms with Crippen LogP contribution in [0, 0.1) is 0 Å². The molecule has 1 aliphatic heterocycles. The topological polar surface area (TPSA) is 123 Å². The van der Waals surface area contributed by atoms with Crippen LogP contribution in [0.3, 0.4) is 0 Å². The van der Waals surface area contributed by atoms with Crippen LogP contribution in [0.2, 0.25) is 0 Å². The standard InChI is InChI=1S/C31H33N9O2/c1-3-42-27-18-22-19-35-31(37-24-6-4-23(5-7-24)36-25-10-16-39(2)17-11-25)38-29(22)40(30(27)41)20-26-28(34-15-14-33-26)21-8-12-32-13-9-21/h4-9,12-15,18-19,25,36H,3,10-11,16-17,20H2,1-2H3,(H,35,37,38). The summed E-state index contributed by atoms with van der Waals surface area (Å²) in [4.78, 5) is 38.5. The molecule has 42 heavy (non-hydrogen) atoms. The molecular formula is C31H33N9O2. The molecule has 11 nitrogen and oxygen atoms in total. The van der Waals surface area contributed by atoms with Gasteiger partial charge in [0.15, 0.2) is 5.75 Å². The minimum Gasteiger partial charge on any atom is -0.488 e. The highest BCUT2D eigenvalue weighted by molar-refractivity contribution is 5.77. The average molecular weight is 564 g/mol. The van der Waals surface area contributed by atoms with E-state index in [4.69, 9.17) is 9.72 Å². The molecule has 1 fully saturated rings. The zero-order valence-corrected chi connectivity index (χ0v) is 23.7. The molecule has 0 spiro atoms. The third-order valence-electron chi connectivity index (χ3n) is 7.36. The third-order valence-corrected chi connectivity index (χ3v) is 7.36. The zero-order valence-electron chi connectivity index (χ0n) is 23.7. The van der Waals surface area contributed by atoms with Crippen molar-refractivity contribution in [3.63, 3.8) is 0 Å². The Morgan fingerprint density at radius 2 is 1.69 bits per heavy atom. The number of anilines is 3. The maximum absolute atomic E-state index is 13.6. The lowest BCUT2D eigenvalue weighted by atomic mass is 10.1. The number of likely N-dealkylation sites (tertiary alicyclic amines) is 1. The molecular weight excluding hydrogens is 530 g/mol. The van der Waals surface area contributed by atoms with Crippen molar-refractivity contribution in [3.8, 4) is 17.0 Å². The lowest BCUT2D eigenvalue weighted by molar-refractivity contribution is 0.264. The number of pyridine rings is 2. The van der Waals surface area contributed by atoms with E-state index in [9.17, 15) is 4.79 Å². The Morgan fingerprint density at radius 1 is 0.952 bits per heavy atom. The van der Waals surface area contributed by atoms with Gasteiger partial charge in [-0.3, -0.25) is 24.3 Å². The fourth-order valence-electron chi connectivity index (χ4n) is 5.15. The van der Waals surface area contributed by atoms with Crippen molar-refractivity contribution in [1.29, 1.82) is 0 Å². The summed E-state index contributed by atoms with van der Waals surface area (Å²) in [6.45, 7) is 4.56. The Labute approximate surface area is 243 Å². The van der Waals surface area contributed by atoms with Crippen LogP contribution in [0.4, 0.5) is 17.3 Å². The maximum atomic E-state index is 13.6. The van der Waals surface area contributed by atoms with E-state index < -0.39 is 0 Å². The maximum Gasteiger partial charge on any atom is 0.294 e. The number of nitrogens with zero attached hydrogens (tertiary/aromatic N) is 7. The number of benzene rings is 1. The Kier molecular flexibility index (Phi) is 8.00. The number of hydrogen-bond donors (Lipinski definition) is 2. The molecule has 6 rings (SSSR count). The molecule has 0 radical (unpaired) electrons. The summed E-state index contributed by atoms with van der Waals surface area (Å²) in [5.41, 5.74) is 4.25. The van der Waals surface area contributed by atoms with Gasteiger partial charge < -0.3 is 20.3 Å². The average Bonchev–Trinajstić information content (AvgIpc) is 3.02. The SMILES string of the molecule is CCOc1cc2cnc(Nc3ccc(NC4CCN(C)CC4)cc3)nc2n(Cc2nccnc2-c2ccncc2)c1=O. The van der Waals surface area contributed by atoms with Crippen LogP contribution in [0.25, 0.3) is 22.3 Å². The second-order valence-corrected chi connectivity index (χ2v) is 10.3. The fraction of sp³-hybridized carbons (Fsp3) is 0.290. The molecule has 0 unspecified atom stereocenters. The van der Waals surface area contributed by atoms with Gasteiger partial charge in [-0.05, 0) is 82.4 Å². The number of ether oxygens (including phenoxy) is 1. The van der Waals surface area contributed by atoms with Crippen LogP contribution in [0.15, 0.2) is 78.2 Å². The minimum absolute atomic E-state index is 0.148. The van der Waals surface area contributed by atoms with Gasteiger partial charge >= 0.3 is 0 Å². The monoisotopic (exact) mass is 563 g/mol. The third kappa shape index (κ3) is 6.06. The largest absolute Gasteiger partial charge is 0.488 e. The second kappa shape index (κ2) is 12.3. The van der Waals surface area contributed by atoms with Gasteiger partial charge in [-0.15, -0.1) is 0 Å². The minimum atomic E-state index is -0.301. The highest BCUT2D eigenvalue weighted by Crippen LogP contribution is 2.24. The normalized spacial score (nSPS) is 14.1. The zero-order chi connectivity index (χ0) is 28.9. The molecule has 0 amide bonds. The van der Waals surface area contributed by atoms with Crippen LogP contribution in [-0.2, 0) is 6.54 Å². The highest BCUT2D eigenvalue weighted by atomic mass is 16.5. The molecule has 0 bridgehead atoms. The van der Waals surface area contributed by atoms with E-state index in [1.165, 1.54) is 0 Å². The van der Waals surface area contributed by atoms with Gasteiger partial charge in [-0.25, -0.2) is 4.98 Å². The Bertz CT molecular complexity index is 1720. The van der Waals surface area contributed by atoms with E-state index >= 15 is 0 Å². The van der Waals surface area contributed by atoms with Crippen LogP contribution < -0.4 is 20.9 Å². The number of fused-ring (bicyclic) bond motifs is 1. The van der Waals surface area contributed by atoms with Gasteiger partial charge in [0.05, 0.1) is 24.5 Å². The quantitative estimate of drug-likeness (QED) is 0.268. The van der Waals surface area contributed by atoms with Crippen molar-refractivity contribution in [3.05, 3.63) is 89.5 Å². The number of hydrogen-bond acceptors (Lipinski definition) is 10. The lowest BCUT2D eigenvalue weighted by Gasteiger charge is -2.30. The summed E-state index contributed by atoms with van der Waals surface area (Å²) in [7, 11) is 2.17. The Balaban J connectivity index is 1.30. The number of aromatic nitrogens is 6. The van der Waals surface area contributed by atoms with Crippen molar-refractivity contribution < 1.29 is 4.74 Å². The second-order valence-electron chi connectivity index (χ2n) is 10.3. The molecule has 0 atom stereocenters. The highest BCUT2D eigenvalue weighted by Gasteiger charge is 2.18. The first-order valence-electron chi connectivity index (χ1n) is 14.1. The summed E-state index contributed by atoms with van der Waals surface area (Å²) in [6, 6.07) is 14.0. The Hall–Kier alpha value is -4.90. The summed E-state index contributed by atoms with van der Waals surface area (Å²) in [5, 5.41) is 7.59. The van der Waals surface area contributed by atoms with Crippen molar-refractivity contribution in [1.82, 2.24) is 34.4 Å². The van der Waals surface area contributed by atoms with Crippen LogP contribution in [0.1, 0.15) is 25.5 Å². The van der Waals surface area contributed by atoms with Gasteiger partial charge in [0, 0.05) is 59.4 Å². The number of piperidine rings is 1. The first-order valence-corrected chi connectivity index (χ1v) is 14.1. The van der Waals surface area contributed by atoms with Crippen molar-refractivity contribution in [2.24, 2.45) is 0 Å². The summed E-state index contributed by atoms with van der Waals surface area (Å²) < 4.78 is 7.24. The van der Waals surface area contributed by atoms with Gasteiger partial charge in [-0.1, -0.05) is 0 Å². The lowest BCUT2D eigenvalue weighted by Crippen LogP contribution is -2.36. The van der Waals surface area contributed by atoms with E-state index in [0.717, 1.165) is 42.9 Å². The predicted molar refractivity (Wildman–Crippen MR) is 163 cm³/mol. The summed E-state index contributed by atoms with van der Waals surface area (Å²) in [6.07, 6.45) is 10.6. The summed E-state index contributed by atoms with van der Waals surface area (Å²) in [5.74, 6) is 0.612. The van der Waals surface area contributed by atoms with Gasteiger partial charge in [0.25, 0.3) is 5.56 Å². The van der Waals surface area contributed by atoms with Crippen molar-refractivity contribution >= 4 is 28.4 Å². The molecule has 1 aromatic carbocycles. The molecule has 0 aliphatic carbocycles. The van der Waals surface area contributed by atoms with E-state index in [1.807, 2.05) is 31.2 Å². The molecule has 4 aromatic heterocycles. The molecule has 1 aliphatic rings. The molecule has 0 saturated carbocycles. The van der Waals surface area contributed by atoms with Gasteiger partial charge in [-0.2, -0.15) is 4.98 Å². The molecule has 5 aromatic rings. The predicted octanol–water partition coefficient (Wildman–Crippen LogP) is 4.34. The van der Waals surface area contributed by atoms with Crippen LogP contribution >= 0.6 is 0 Å². The first kappa shape index (κ1) is 27.3. The van der Waals surface area contributed by atoms with Crippen LogP contribution in [-0.4, -0.2) is 67.2 Å².